The maximum absolute atomic E-state index is 8.66. The summed E-state index contributed by atoms with van der Waals surface area (Å²) in [6.07, 6.45) is 6.47. The highest BCUT2D eigenvalue weighted by atomic mass is 79.9. The molecule has 2 aromatic rings. The van der Waals surface area contributed by atoms with Gasteiger partial charge in [-0.05, 0) is 34.8 Å². The van der Waals surface area contributed by atoms with E-state index in [1.165, 1.54) is 0 Å². The van der Waals surface area contributed by atoms with Crippen LogP contribution in [0.5, 0.6) is 0 Å². The van der Waals surface area contributed by atoms with Gasteiger partial charge in [-0.25, -0.2) is 9.97 Å². The number of nitrogens with zero attached hydrogens (tertiary/aromatic N) is 4. The van der Waals surface area contributed by atoms with Gasteiger partial charge in [0.1, 0.15) is 11.3 Å². The van der Waals surface area contributed by atoms with Crippen molar-refractivity contribution in [3.8, 4) is 6.07 Å². The molecule has 0 saturated carbocycles. The van der Waals surface area contributed by atoms with E-state index in [0.717, 1.165) is 53.7 Å². The number of rotatable bonds is 6. The molecule has 0 radical (unpaired) electrons. The highest BCUT2D eigenvalue weighted by molar-refractivity contribution is 9.10. The normalized spacial score (nSPS) is 10.8. The predicted octanol–water partition coefficient (Wildman–Crippen LogP) is 3.84. The largest absolute Gasteiger partial charge is 0.313 e. The van der Waals surface area contributed by atoms with Gasteiger partial charge in [-0.3, -0.25) is 0 Å². The average Bonchev–Trinajstić information content (AvgIpc) is 2.74. The van der Waals surface area contributed by atoms with Gasteiger partial charge in [0, 0.05) is 30.1 Å². The molecule has 0 amide bonds. The van der Waals surface area contributed by atoms with Crippen molar-refractivity contribution in [3.63, 3.8) is 0 Å². The summed E-state index contributed by atoms with van der Waals surface area (Å²) in [7, 11) is 0. The molecule has 0 unspecified atom stereocenters. The van der Waals surface area contributed by atoms with Crippen molar-refractivity contribution >= 4 is 27.1 Å². The van der Waals surface area contributed by atoms with Gasteiger partial charge in [0.25, 0.3) is 0 Å². The number of nitriles is 1. The molecule has 0 aliphatic carbocycles. The van der Waals surface area contributed by atoms with E-state index < -0.39 is 0 Å². The van der Waals surface area contributed by atoms with Gasteiger partial charge in [0.05, 0.1) is 6.07 Å². The summed E-state index contributed by atoms with van der Waals surface area (Å²) in [6, 6.07) is 4.19. The average molecular weight is 321 g/mol. The van der Waals surface area contributed by atoms with Gasteiger partial charge in [-0.2, -0.15) is 5.26 Å². The Labute approximate surface area is 121 Å². The summed E-state index contributed by atoms with van der Waals surface area (Å²) in [5, 5.41) is 8.66. The molecule has 2 rings (SSSR count). The Hall–Kier alpha value is -1.41. The molecule has 0 atom stereocenters. The molecule has 4 nitrogen and oxygen atoms in total. The Balaban J connectivity index is 2.34. The van der Waals surface area contributed by atoms with Gasteiger partial charge >= 0.3 is 0 Å². The minimum atomic E-state index is 0.573. The second kappa shape index (κ2) is 6.67. The first-order valence-corrected chi connectivity index (χ1v) is 7.43. The molecule has 0 spiro atoms. The maximum Gasteiger partial charge on any atom is 0.160 e. The van der Waals surface area contributed by atoms with E-state index in [2.05, 4.69) is 43.5 Å². The number of aryl methyl sites for hydroxylation is 2. The molecule has 0 aliphatic heterocycles. The first-order valence-electron chi connectivity index (χ1n) is 6.64. The molecular formula is C14H17BrN4. The van der Waals surface area contributed by atoms with Crippen molar-refractivity contribution in [1.82, 2.24) is 14.5 Å². The molecule has 0 aliphatic rings. The monoisotopic (exact) mass is 320 g/mol. The van der Waals surface area contributed by atoms with E-state index in [1.807, 2.05) is 6.07 Å². The molecule has 0 fully saturated rings. The Bertz CT molecular complexity index is 597. The SMILES string of the molecule is CCCCc1nc2cc(Br)cnc2n1CCCC#N. The fourth-order valence-corrected chi connectivity index (χ4v) is 2.43. The second-order valence-corrected chi connectivity index (χ2v) is 5.46. The number of pyridine rings is 1. The van der Waals surface area contributed by atoms with Crippen LogP contribution in [-0.2, 0) is 13.0 Å². The van der Waals surface area contributed by atoms with Crippen molar-refractivity contribution in [3.05, 3.63) is 22.6 Å². The number of fused-ring (bicyclic) bond motifs is 1. The van der Waals surface area contributed by atoms with Crippen LogP contribution in [-0.4, -0.2) is 14.5 Å². The summed E-state index contributed by atoms with van der Waals surface area (Å²) in [5.41, 5.74) is 1.85. The van der Waals surface area contributed by atoms with Crippen molar-refractivity contribution in [2.75, 3.05) is 0 Å². The fourth-order valence-electron chi connectivity index (χ4n) is 2.11. The minimum absolute atomic E-state index is 0.573. The van der Waals surface area contributed by atoms with E-state index >= 15 is 0 Å². The van der Waals surface area contributed by atoms with Crippen molar-refractivity contribution in [1.29, 1.82) is 5.26 Å². The summed E-state index contributed by atoms with van der Waals surface area (Å²) >= 11 is 3.43. The van der Waals surface area contributed by atoms with E-state index in [-0.39, 0.29) is 0 Å². The van der Waals surface area contributed by atoms with Crippen LogP contribution in [0.15, 0.2) is 16.7 Å². The quantitative estimate of drug-likeness (QED) is 0.760. The molecule has 0 aromatic carbocycles. The Morgan fingerprint density at radius 3 is 3.00 bits per heavy atom. The lowest BCUT2D eigenvalue weighted by molar-refractivity contribution is 0.614. The third-order valence-corrected chi connectivity index (χ3v) is 3.49. The lowest BCUT2D eigenvalue weighted by Crippen LogP contribution is -2.05. The number of halogens is 1. The van der Waals surface area contributed by atoms with E-state index in [1.54, 1.807) is 6.20 Å². The Morgan fingerprint density at radius 2 is 2.26 bits per heavy atom. The van der Waals surface area contributed by atoms with Gasteiger partial charge in [0.2, 0.25) is 0 Å². The zero-order valence-corrected chi connectivity index (χ0v) is 12.7. The molecule has 100 valence electrons. The third kappa shape index (κ3) is 3.32. The summed E-state index contributed by atoms with van der Waals surface area (Å²) in [6.45, 7) is 3.00. The van der Waals surface area contributed by atoms with E-state index in [4.69, 9.17) is 5.26 Å². The number of imidazole rings is 1. The zero-order valence-electron chi connectivity index (χ0n) is 11.1. The van der Waals surface area contributed by atoms with Crippen LogP contribution in [0.1, 0.15) is 38.4 Å². The summed E-state index contributed by atoms with van der Waals surface area (Å²) in [5.74, 6) is 1.08. The van der Waals surface area contributed by atoms with Crippen molar-refractivity contribution in [2.24, 2.45) is 0 Å². The molecule has 2 heterocycles. The lowest BCUT2D eigenvalue weighted by Gasteiger charge is -2.06. The lowest BCUT2D eigenvalue weighted by atomic mass is 10.2. The minimum Gasteiger partial charge on any atom is -0.313 e. The van der Waals surface area contributed by atoms with Crippen LogP contribution < -0.4 is 0 Å². The number of aromatic nitrogens is 3. The Morgan fingerprint density at radius 1 is 1.42 bits per heavy atom. The van der Waals surface area contributed by atoms with Gasteiger partial charge in [-0.15, -0.1) is 0 Å². The third-order valence-electron chi connectivity index (χ3n) is 3.05. The Kier molecular flexibility index (Phi) is 4.92. The summed E-state index contributed by atoms with van der Waals surface area (Å²) in [4.78, 5) is 9.14. The van der Waals surface area contributed by atoms with E-state index in [0.29, 0.717) is 6.42 Å². The first kappa shape index (κ1) is 14.0. The second-order valence-electron chi connectivity index (χ2n) is 4.54. The molecule has 0 saturated heterocycles. The van der Waals surface area contributed by atoms with Crippen LogP contribution >= 0.6 is 15.9 Å². The standard InChI is InChI=1S/C14H17BrN4/c1-2-3-6-13-18-12-9-11(15)10-17-14(12)19(13)8-5-4-7-16/h9-10H,2-6,8H2,1H3. The summed E-state index contributed by atoms with van der Waals surface area (Å²) < 4.78 is 3.11. The van der Waals surface area contributed by atoms with Crippen LogP contribution in [0, 0.1) is 11.3 Å². The van der Waals surface area contributed by atoms with Crippen LogP contribution in [0.3, 0.4) is 0 Å². The molecule has 5 heteroatoms. The van der Waals surface area contributed by atoms with Gasteiger partial charge < -0.3 is 4.57 Å². The molecule has 19 heavy (non-hydrogen) atoms. The highest BCUT2D eigenvalue weighted by Crippen LogP contribution is 2.20. The first-order chi connectivity index (χ1) is 9.26. The zero-order chi connectivity index (χ0) is 13.7. The fraction of sp³-hybridized carbons (Fsp3) is 0.500. The number of hydrogen-bond donors (Lipinski definition) is 0. The van der Waals surface area contributed by atoms with Gasteiger partial charge in [-0.1, -0.05) is 13.3 Å². The van der Waals surface area contributed by atoms with Crippen molar-refractivity contribution < 1.29 is 0 Å². The molecule has 2 aromatic heterocycles. The number of hydrogen-bond acceptors (Lipinski definition) is 3. The molecule has 0 N–H and O–H groups in total. The molecule has 0 bridgehead atoms. The highest BCUT2D eigenvalue weighted by Gasteiger charge is 2.11. The maximum atomic E-state index is 8.66. The van der Waals surface area contributed by atoms with E-state index in [9.17, 15) is 0 Å². The predicted molar refractivity (Wildman–Crippen MR) is 78.7 cm³/mol. The van der Waals surface area contributed by atoms with Crippen molar-refractivity contribution in [2.45, 2.75) is 45.6 Å². The van der Waals surface area contributed by atoms with Crippen LogP contribution in [0.25, 0.3) is 11.2 Å². The molecular weight excluding hydrogens is 304 g/mol. The number of unbranched alkanes of at least 4 members (excludes halogenated alkanes) is 2. The topological polar surface area (TPSA) is 54.5 Å². The smallest absolute Gasteiger partial charge is 0.160 e. The van der Waals surface area contributed by atoms with Crippen LogP contribution in [0.4, 0.5) is 0 Å². The van der Waals surface area contributed by atoms with Gasteiger partial charge in [0.15, 0.2) is 5.65 Å². The van der Waals surface area contributed by atoms with Crippen LogP contribution in [0.2, 0.25) is 0 Å².